The van der Waals surface area contributed by atoms with Crippen LogP contribution in [0.5, 0.6) is 0 Å². The lowest BCUT2D eigenvalue weighted by molar-refractivity contribution is 0.726. The van der Waals surface area contributed by atoms with Gasteiger partial charge in [0.2, 0.25) is 11.9 Å². The van der Waals surface area contributed by atoms with Crippen LogP contribution in [0.4, 0.5) is 11.9 Å². The number of nitrogens with two attached hydrogens (primary N) is 1. The third-order valence-electron chi connectivity index (χ3n) is 3.85. The van der Waals surface area contributed by atoms with Gasteiger partial charge in [-0.2, -0.15) is 9.67 Å². The third kappa shape index (κ3) is 2.48. The molecule has 2 aromatic rings. The van der Waals surface area contributed by atoms with Crippen LogP contribution in [0.3, 0.4) is 0 Å². The quantitative estimate of drug-likeness (QED) is 0.912. The molecule has 1 fully saturated rings. The highest BCUT2D eigenvalue weighted by atomic mass is 15.5. The lowest BCUT2D eigenvalue weighted by atomic mass is 10.2. The first kappa shape index (κ1) is 13.0. The lowest BCUT2D eigenvalue weighted by Gasteiger charge is -2.17. The van der Waals surface area contributed by atoms with E-state index < -0.39 is 0 Å². The van der Waals surface area contributed by atoms with Crippen LogP contribution in [0, 0.1) is 6.92 Å². The summed E-state index contributed by atoms with van der Waals surface area (Å²) in [5, 5.41) is 4.61. The first-order valence-electron chi connectivity index (χ1n) is 7.29. The van der Waals surface area contributed by atoms with Crippen LogP contribution in [0.15, 0.2) is 24.3 Å². The van der Waals surface area contributed by atoms with Crippen LogP contribution < -0.4 is 10.6 Å². The minimum absolute atomic E-state index is 0.457. The Morgan fingerprint density at radius 3 is 2.45 bits per heavy atom. The number of anilines is 2. The van der Waals surface area contributed by atoms with Gasteiger partial charge in [-0.25, -0.2) is 0 Å². The fraction of sp³-hybridized carbons (Fsp3) is 0.467. The van der Waals surface area contributed by atoms with Crippen molar-refractivity contribution in [3.8, 4) is 5.69 Å². The van der Waals surface area contributed by atoms with Gasteiger partial charge in [0.05, 0.1) is 5.69 Å². The van der Waals surface area contributed by atoms with E-state index >= 15 is 0 Å². The summed E-state index contributed by atoms with van der Waals surface area (Å²) in [4.78, 5) is 6.70. The second-order valence-corrected chi connectivity index (χ2v) is 5.37. The van der Waals surface area contributed by atoms with Gasteiger partial charge in [-0.05, 0) is 31.4 Å². The van der Waals surface area contributed by atoms with Gasteiger partial charge in [-0.3, -0.25) is 0 Å². The number of hydrogen-bond donors (Lipinski definition) is 1. The van der Waals surface area contributed by atoms with Crippen molar-refractivity contribution in [3.63, 3.8) is 0 Å². The molecule has 0 aliphatic carbocycles. The van der Waals surface area contributed by atoms with E-state index in [4.69, 9.17) is 5.73 Å². The summed E-state index contributed by atoms with van der Waals surface area (Å²) in [6.07, 6.45) is 5.01. The molecule has 0 atom stereocenters. The average Bonchev–Trinajstić information content (AvgIpc) is 2.67. The van der Waals surface area contributed by atoms with E-state index in [1.165, 1.54) is 25.7 Å². The van der Waals surface area contributed by atoms with Crippen LogP contribution in [0.25, 0.3) is 5.69 Å². The summed E-state index contributed by atoms with van der Waals surface area (Å²) < 4.78 is 1.75. The van der Waals surface area contributed by atoms with Gasteiger partial charge in [0.15, 0.2) is 0 Å². The second-order valence-electron chi connectivity index (χ2n) is 5.37. The molecular formula is C15H21N5. The molecule has 1 aromatic heterocycles. The maximum Gasteiger partial charge on any atom is 0.246 e. The summed E-state index contributed by atoms with van der Waals surface area (Å²) in [6.45, 7) is 4.11. The minimum Gasteiger partial charge on any atom is -0.368 e. The molecule has 20 heavy (non-hydrogen) atoms. The first-order chi connectivity index (χ1) is 9.75. The highest BCUT2D eigenvalue weighted by molar-refractivity contribution is 5.46. The molecule has 0 radical (unpaired) electrons. The topological polar surface area (TPSA) is 60.0 Å². The third-order valence-corrected chi connectivity index (χ3v) is 3.85. The molecule has 1 saturated heterocycles. The molecule has 1 aliphatic heterocycles. The first-order valence-corrected chi connectivity index (χ1v) is 7.29. The molecular weight excluding hydrogens is 250 g/mol. The van der Waals surface area contributed by atoms with Gasteiger partial charge in [0, 0.05) is 13.1 Å². The van der Waals surface area contributed by atoms with Gasteiger partial charge in [-0.15, -0.1) is 5.10 Å². The fourth-order valence-corrected chi connectivity index (χ4v) is 2.70. The maximum atomic E-state index is 6.05. The van der Waals surface area contributed by atoms with Crippen LogP contribution in [-0.4, -0.2) is 27.9 Å². The van der Waals surface area contributed by atoms with Crippen LogP contribution in [-0.2, 0) is 0 Å². The van der Waals surface area contributed by atoms with Crippen molar-refractivity contribution in [2.75, 3.05) is 23.7 Å². The van der Waals surface area contributed by atoms with Crippen molar-refractivity contribution < 1.29 is 0 Å². The van der Waals surface area contributed by atoms with Gasteiger partial charge in [0.25, 0.3) is 0 Å². The number of benzene rings is 1. The monoisotopic (exact) mass is 271 g/mol. The van der Waals surface area contributed by atoms with E-state index in [1.807, 2.05) is 18.2 Å². The molecule has 5 nitrogen and oxygen atoms in total. The van der Waals surface area contributed by atoms with Crippen LogP contribution >= 0.6 is 0 Å². The Bertz CT molecular complexity index is 582. The van der Waals surface area contributed by atoms with Crippen molar-refractivity contribution in [1.29, 1.82) is 0 Å². The molecule has 0 spiro atoms. The maximum absolute atomic E-state index is 6.05. The number of rotatable bonds is 2. The van der Waals surface area contributed by atoms with Gasteiger partial charge in [0.1, 0.15) is 0 Å². The second kappa shape index (κ2) is 5.53. The predicted octanol–water partition coefficient (Wildman–Crippen LogP) is 2.54. The lowest BCUT2D eigenvalue weighted by Crippen LogP contribution is -2.25. The standard InChI is InChI=1S/C15H21N5/c1-12-8-4-5-9-13(12)20-14(16)17-15(18-20)19-10-6-2-3-7-11-19/h4-5,8-9H,2-3,6-7,10-11H2,1H3,(H2,16,17,18). The Balaban J connectivity index is 1.93. The Morgan fingerprint density at radius 2 is 1.75 bits per heavy atom. The number of nitrogens with zero attached hydrogens (tertiary/aromatic N) is 4. The molecule has 0 amide bonds. The van der Waals surface area contributed by atoms with E-state index in [-0.39, 0.29) is 0 Å². The van der Waals surface area contributed by atoms with Crippen molar-refractivity contribution >= 4 is 11.9 Å². The van der Waals surface area contributed by atoms with Crippen LogP contribution in [0.1, 0.15) is 31.2 Å². The van der Waals surface area contributed by atoms with Gasteiger partial charge < -0.3 is 10.6 Å². The number of aromatic nitrogens is 3. The molecule has 0 bridgehead atoms. The minimum atomic E-state index is 0.457. The SMILES string of the molecule is Cc1ccccc1-n1nc(N2CCCCCC2)nc1N. The summed E-state index contributed by atoms with van der Waals surface area (Å²) in [7, 11) is 0. The number of hydrogen-bond acceptors (Lipinski definition) is 4. The molecule has 106 valence electrons. The molecule has 0 unspecified atom stereocenters. The van der Waals surface area contributed by atoms with E-state index in [2.05, 4.69) is 28.0 Å². The summed E-state index contributed by atoms with van der Waals surface area (Å²) in [5.74, 6) is 1.21. The number of para-hydroxylation sites is 1. The van der Waals surface area contributed by atoms with Crippen molar-refractivity contribution in [3.05, 3.63) is 29.8 Å². The van der Waals surface area contributed by atoms with E-state index in [0.29, 0.717) is 5.95 Å². The zero-order valence-electron chi connectivity index (χ0n) is 11.9. The Kier molecular flexibility index (Phi) is 3.58. The summed E-state index contributed by atoms with van der Waals surface area (Å²) in [5.41, 5.74) is 8.19. The Hall–Kier alpha value is -2.04. The molecule has 5 heteroatoms. The van der Waals surface area contributed by atoms with Gasteiger partial charge in [-0.1, -0.05) is 31.0 Å². The molecule has 3 rings (SSSR count). The van der Waals surface area contributed by atoms with E-state index in [0.717, 1.165) is 30.3 Å². The molecule has 1 aliphatic rings. The number of nitrogen functional groups attached to an aromatic ring is 1. The molecule has 2 heterocycles. The van der Waals surface area contributed by atoms with Crippen molar-refractivity contribution in [1.82, 2.24) is 14.8 Å². The molecule has 2 N–H and O–H groups in total. The largest absolute Gasteiger partial charge is 0.368 e. The van der Waals surface area contributed by atoms with E-state index in [9.17, 15) is 0 Å². The smallest absolute Gasteiger partial charge is 0.246 e. The molecule has 0 saturated carbocycles. The zero-order chi connectivity index (χ0) is 13.9. The van der Waals surface area contributed by atoms with Crippen molar-refractivity contribution in [2.45, 2.75) is 32.6 Å². The Morgan fingerprint density at radius 1 is 1.05 bits per heavy atom. The van der Waals surface area contributed by atoms with Gasteiger partial charge >= 0.3 is 0 Å². The van der Waals surface area contributed by atoms with Crippen molar-refractivity contribution in [2.24, 2.45) is 0 Å². The molecule has 1 aromatic carbocycles. The summed E-state index contributed by atoms with van der Waals surface area (Å²) >= 11 is 0. The van der Waals surface area contributed by atoms with E-state index in [1.54, 1.807) is 4.68 Å². The van der Waals surface area contributed by atoms with Crippen LogP contribution in [0.2, 0.25) is 0 Å². The number of aryl methyl sites for hydroxylation is 1. The highest BCUT2D eigenvalue weighted by Gasteiger charge is 2.17. The zero-order valence-corrected chi connectivity index (χ0v) is 11.9. The summed E-state index contributed by atoms with van der Waals surface area (Å²) in [6, 6.07) is 8.09. The average molecular weight is 271 g/mol. The highest BCUT2D eigenvalue weighted by Crippen LogP contribution is 2.21. The normalized spacial score (nSPS) is 16.1. The Labute approximate surface area is 119 Å². The fourth-order valence-electron chi connectivity index (χ4n) is 2.70. The predicted molar refractivity (Wildman–Crippen MR) is 81.2 cm³/mol.